The minimum Gasteiger partial charge on any atom is -0.504 e. The predicted octanol–water partition coefficient (Wildman–Crippen LogP) is -0.983. The quantitative estimate of drug-likeness (QED) is 0.0446. The van der Waals surface area contributed by atoms with Crippen LogP contribution in [0.25, 0.3) is 21.7 Å². The predicted molar refractivity (Wildman–Crippen MR) is 376 cm³/mol. The van der Waals surface area contributed by atoms with Crippen LogP contribution in [0.5, 0.6) is 11.5 Å². The van der Waals surface area contributed by atoms with E-state index in [9.17, 15) is 77.5 Å². The van der Waals surface area contributed by atoms with Crippen molar-refractivity contribution in [2.24, 2.45) is 11.8 Å². The Balaban J connectivity index is 0.839. The summed E-state index contributed by atoms with van der Waals surface area (Å²) >= 11 is 1.51. The van der Waals surface area contributed by atoms with Crippen LogP contribution in [0.4, 0.5) is 5.95 Å². The first-order valence-electron chi connectivity index (χ1n) is 35.7. The number of rotatable bonds is 21. The van der Waals surface area contributed by atoms with E-state index in [4.69, 9.17) is 14.7 Å². The third kappa shape index (κ3) is 20.7. The van der Waals surface area contributed by atoms with Gasteiger partial charge in [0, 0.05) is 94.0 Å². The topological polar surface area (TPSA) is 471 Å². The molecule has 570 valence electrons. The van der Waals surface area contributed by atoms with Crippen LogP contribution >= 0.6 is 11.3 Å². The third-order valence-corrected chi connectivity index (χ3v) is 22.0. The number of amides is 7. The first kappa shape index (κ1) is 78.9. The number of benzene rings is 2. The van der Waals surface area contributed by atoms with Gasteiger partial charge in [-0.2, -0.15) is 8.42 Å². The van der Waals surface area contributed by atoms with Crippen molar-refractivity contribution in [2.75, 3.05) is 71.4 Å². The van der Waals surface area contributed by atoms with Crippen LogP contribution in [-0.2, 0) is 55.1 Å². The van der Waals surface area contributed by atoms with E-state index in [1.165, 1.54) is 44.4 Å². The largest absolute Gasteiger partial charge is 0.504 e. The van der Waals surface area contributed by atoms with Gasteiger partial charge < -0.3 is 96.2 Å². The van der Waals surface area contributed by atoms with Gasteiger partial charge in [-0.1, -0.05) is 67.9 Å². The highest BCUT2D eigenvalue weighted by atomic mass is 32.3. The average molecular weight is 1490 g/mol. The summed E-state index contributed by atoms with van der Waals surface area (Å²) in [5, 5.41) is 106. The molecule has 0 spiro atoms. The minimum atomic E-state index is -5.23. The van der Waals surface area contributed by atoms with Gasteiger partial charge in [0.1, 0.15) is 40.2 Å². The van der Waals surface area contributed by atoms with Crippen LogP contribution in [0.2, 0.25) is 0 Å². The summed E-state index contributed by atoms with van der Waals surface area (Å²) in [4.78, 5) is 117. The number of nitrogens with zero attached hydrogens (tertiary/aromatic N) is 8. The molecule has 35 heteroatoms. The fourth-order valence-corrected chi connectivity index (χ4v) is 15.9. The number of nitrogens with one attached hydrogen (secondary N) is 6. The molecule has 33 nitrogen and oxygen atoms in total. The molecule has 4 aromatic rings. The number of carbonyl (C=O) groups is 7. The molecule has 4 aliphatic heterocycles. The lowest BCUT2D eigenvalue weighted by atomic mass is 9.82. The maximum absolute atomic E-state index is 15.0. The molecule has 0 bridgehead atoms. The van der Waals surface area contributed by atoms with E-state index in [-0.39, 0.29) is 43.1 Å². The summed E-state index contributed by atoms with van der Waals surface area (Å²) in [7, 11) is -1.76. The Bertz CT molecular complexity index is 3730. The van der Waals surface area contributed by atoms with Crippen LogP contribution in [0.1, 0.15) is 120 Å². The van der Waals surface area contributed by atoms with Gasteiger partial charge in [0.2, 0.25) is 47.3 Å². The minimum absolute atomic E-state index is 0.0214. The van der Waals surface area contributed by atoms with Gasteiger partial charge in [0.25, 0.3) is 0 Å². The molecule has 2 aromatic carbocycles. The fraction of sp³-hybridized carbons (Fsp3) is 0.638. The van der Waals surface area contributed by atoms with E-state index in [0.717, 1.165) is 106 Å². The number of likely N-dealkylation sites (N-methyl/N-ethyl adjacent to an activating group) is 1. The van der Waals surface area contributed by atoms with Crippen molar-refractivity contribution in [3.8, 4) is 33.2 Å². The zero-order valence-electron chi connectivity index (χ0n) is 58.7. The number of phenols is 1. The van der Waals surface area contributed by atoms with Gasteiger partial charge in [0.05, 0.1) is 61.3 Å². The Morgan fingerprint density at radius 3 is 2.07 bits per heavy atom. The molecule has 0 unspecified atom stereocenters. The zero-order valence-corrected chi connectivity index (χ0v) is 60.4. The molecule has 2 saturated carbocycles. The molecule has 4 saturated heterocycles. The summed E-state index contributed by atoms with van der Waals surface area (Å²) in [6, 6.07) is -0.141. The van der Waals surface area contributed by atoms with Crippen LogP contribution in [0, 0.1) is 11.8 Å². The second-order valence-corrected chi connectivity index (χ2v) is 30.7. The van der Waals surface area contributed by atoms with E-state index in [1.807, 2.05) is 36.7 Å². The van der Waals surface area contributed by atoms with Crippen LogP contribution in [-0.4, -0.2) is 276 Å². The van der Waals surface area contributed by atoms with Crippen molar-refractivity contribution in [3.05, 3.63) is 65.4 Å². The summed E-state index contributed by atoms with van der Waals surface area (Å²) in [6.07, 6.45) is 2.16. The van der Waals surface area contributed by atoms with Crippen molar-refractivity contribution < 1.29 is 91.2 Å². The molecule has 2 aromatic heterocycles. The first-order valence-corrected chi connectivity index (χ1v) is 37.9. The standard InChI is InChI=1S/C69H98N14O19S2/c1-37-35-83-59(60(37)91)64(95)72-34-45(85)28-49(71-31-39-10-13-42(14-11-39)65-78-79-66(103-65)43-17-15-41(16-18-43)44-32-73-69(74-33-44)81-23-20-48(21-24-81)101-47-8-6-5-7-9-47)61(92)75-56(38(2)84)67(96)82-36-46(86)29-50(82)62(93)76-57(52(88)26-40-12-19-51(87)54(27-40)102-104(98,99)100)63(94)77-58(68(83)97)53(89)30-55(90)70-22-25-80(3)4/h12,15-19,27,32-33,37-39,42,45-50,52-53,56-60,71,84-89,91H,5-11,13-14,20-26,28-31,34-36H2,1-4H3,(H,70,90)(H,72,95)(H,75,92)(H,76,93)(H,77,94)(H,98,99,100)/t37-,38+,39-,42-,45+,46+,49-,50-,52+,53+,56-,57-,58-,59-,60-/m0/s1. The highest BCUT2D eigenvalue weighted by Gasteiger charge is 2.50. The highest BCUT2D eigenvalue weighted by molar-refractivity contribution is 7.81. The number of aromatic hydroxyl groups is 1. The Labute approximate surface area is 607 Å². The second kappa shape index (κ2) is 35.6. The first-order chi connectivity index (χ1) is 49.5. The molecule has 104 heavy (non-hydrogen) atoms. The summed E-state index contributed by atoms with van der Waals surface area (Å²) < 4.78 is 43.6. The van der Waals surface area contributed by atoms with Gasteiger partial charge in [0.15, 0.2) is 11.5 Å². The number of carbonyl (C=O) groups excluding carboxylic acids is 7. The molecule has 10 rings (SSSR count). The number of anilines is 1. The van der Waals surface area contributed by atoms with E-state index >= 15 is 4.79 Å². The molecular formula is C69H98N14O19S2. The Morgan fingerprint density at radius 2 is 1.39 bits per heavy atom. The summed E-state index contributed by atoms with van der Waals surface area (Å²) in [5.41, 5.74) is 2.65. The number of piperidine rings is 1. The lowest BCUT2D eigenvalue weighted by Gasteiger charge is -2.34. The monoisotopic (exact) mass is 1490 g/mol. The van der Waals surface area contributed by atoms with Gasteiger partial charge in [-0.05, 0) is 115 Å². The maximum atomic E-state index is 15.0. The van der Waals surface area contributed by atoms with Crippen molar-refractivity contribution in [1.29, 1.82) is 0 Å². The van der Waals surface area contributed by atoms with Crippen molar-refractivity contribution in [2.45, 2.75) is 201 Å². The van der Waals surface area contributed by atoms with E-state index in [0.29, 0.717) is 31.4 Å². The summed E-state index contributed by atoms with van der Waals surface area (Å²) in [5.74, 6) is -9.39. The number of phenolic OH excluding ortho intramolecular Hbond substituents is 1. The van der Waals surface area contributed by atoms with Gasteiger partial charge in [-0.3, -0.25) is 38.1 Å². The Morgan fingerprint density at radius 1 is 0.740 bits per heavy atom. The third-order valence-electron chi connectivity index (χ3n) is 20.4. The Hall–Kier alpha value is -7.68. The summed E-state index contributed by atoms with van der Waals surface area (Å²) in [6.45, 7) is 3.53. The number of aliphatic hydroxyl groups is 6. The number of β-amino-alcohol motifs (C(OH)–C–C–N with tert-alkyl or cyclic N) is 1. The number of aliphatic hydroxyl groups excluding tert-OH is 6. The molecule has 6 aliphatic rings. The molecular weight excluding hydrogens is 1390 g/mol. The van der Waals surface area contributed by atoms with Gasteiger partial charge in [-0.25, -0.2) is 9.97 Å². The van der Waals surface area contributed by atoms with E-state index in [1.54, 1.807) is 19.0 Å². The second-order valence-electron chi connectivity index (χ2n) is 28.7. The molecule has 13 atom stereocenters. The van der Waals surface area contributed by atoms with Crippen molar-refractivity contribution in [3.63, 3.8) is 0 Å². The van der Waals surface area contributed by atoms with Crippen LogP contribution in [0.3, 0.4) is 0 Å². The molecule has 0 radical (unpaired) electrons. The molecule has 6 heterocycles. The molecule has 7 amide bonds. The highest BCUT2D eigenvalue weighted by Crippen LogP contribution is 2.40. The number of fused-ring (bicyclic) bond motifs is 2. The normalized spacial score (nSPS) is 27.9. The lowest BCUT2D eigenvalue weighted by molar-refractivity contribution is -0.147. The van der Waals surface area contributed by atoms with Crippen LogP contribution in [0.15, 0.2) is 54.9 Å². The molecule has 14 N–H and O–H groups in total. The van der Waals surface area contributed by atoms with Gasteiger partial charge >= 0.3 is 10.4 Å². The van der Waals surface area contributed by atoms with E-state index < -0.39 is 181 Å². The lowest BCUT2D eigenvalue weighted by Crippen LogP contribution is -2.64. The number of aromatic nitrogens is 4. The van der Waals surface area contributed by atoms with Crippen molar-refractivity contribution in [1.82, 2.24) is 66.8 Å². The number of hydrogen-bond donors (Lipinski definition) is 14. The van der Waals surface area contributed by atoms with E-state index in [2.05, 4.69) is 51.2 Å². The zero-order chi connectivity index (χ0) is 74.7. The number of hydrogen-bond acceptors (Lipinski definition) is 26. The van der Waals surface area contributed by atoms with Crippen LogP contribution < -0.4 is 41.0 Å². The maximum Gasteiger partial charge on any atom is 0.446 e. The van der Waals surface area contributed by atoms with Gasteiger partial charge in [-0.15, -0.1) is 10.2 Å². The molecule has 6 fully saturated rings. The average Bonchev–Trinajstić information content (AvgIpc) is 1.65. The van der Waals surface area contributed by atoms with Crippen molar-refractivity contribution >= 4 is 69.0 Å². The SMILES string of the molecule is C[C@@H](O)[C@@H]1NC(=O)[C@@H](NC[C@H]2CC[C@H](c3nnc(-c4ccc(-c5cnc(N6CCC(OC7CCCCC7)CC6)nc5)cc4)s3)CC2)C[C@@H](O)CNC(=O)[C@@H]2[C@@H](O)[C@@H](C)CN2C(=O)[C@H]([C@H](O)CC(=O)NCCN(C)C)NC(=O)[C@H]([C@H](O)Cc2ccc(O)c(OS(=O)(=O)O)c2)NC(=O)[C@@H]2C[C@@H](O)CN2C1=O. The fourth-order valence-electron chi connectivity index (χ4n) is 14.5. The Kier molecular flexibility index (Phi) is 27.0. The molecule has 2 aliphatic carbocycles. The smallest absolute Gasteiger partial charge is 0.446 e. The number of ether oxygens (including phenoxy) is 1.